The molecule has 0 aromatic heterocycles. The highest BCUT2D eigenvalue weighted by Crippen LogP contribution is 2.18. The number of carbonyl (C=O) groups excluding carboxylic acids is 1. The third-order valence-electron chi connectivity index (χ3n) is 3.12. The number of nitrogens with zero attached hydrogens (tertiary/aromatic N) is 3. The first kappa shape index (κ1) is 12.4. The summed E-state index contributed by atoms with van der Waals surface area (Å²) in [5, 5.41) is 8.71. The molecule has 0 bridgehead atoms. The lowest BCUT2D eigenvalue weighted by molar-refractivity contribution is 0.215. The predicted molar refractivity (Wildman–Crippen MR) is 70.2 cm³/mol. The van der Waals surface area contributed by atoms with Gasteiger partial charge in [0.1, 0.15) is 0 Å². The number of hydrogen-bond donors (Lipinski definition) is 0. The minimum Gasteiger partial charge on any atom is -0.324 e. The second-order valence-electron chi connectivity index (χ2n) is 4.37. The zero-order valence-electron chi connectivity index (χ0n) is 10.4. The molecular weight excluding hydrogens is 226 g/mol. The summed E-state index contributed by atoms with van der Waals surface area (Å²) in [5.74, 6) is 0. The molecule has 0 radical (unpaired) electrons. The molecule has 4 nitrogen and oxygen atoms in total. The van der Waals surface area contributed by atoms with Gasteiger partial charge in [-0.2, -0.15) is 5.26 Å². The van der Waals surface area contributed by atoms with Crippen LogP contribution in [0, 0.1) is 11.3 Å². The summed E-state index contributed by atoms with van der Waals surface area (Å²) in [5.41, 5.74) is 0.865. The van der Waals surface area contributed by atoms with Crippen molar-refractivity contribution < 1.29 is 4.79 Å². The highest BCUT2D eigenvalue weighted by atomic mass is 16.2. The second-order valence-corrected chi connectivity index (χ2v) is 4.37. The van der Waals surface area contributed by atoms with Crippen molar-refractivity contribution in [1.29, 1.82) is 5.26 Å². The average molecular weight is 243 g/mol. The number of rotatable bonds is 3. The molecule has 1 saturated heterocycles. The minimum absolute atomic E-state index is 0.0222. The van der Waals surface area contributed by atoms with Crippen LogP contribution in [0.3, 0.4) is 0 Å². The number of hydrogen-bond acceptors (Lipinski definition) is 2. The van der Waals surface area contributed by atoms with E-state index >= 15 is 0 Å². The van der Waals surface area contributed by atoms with Crippen molar-refractivity contribution in [3.63, 3.8) is 0 Å². The normalized spacial score (nSPS) is 14.3. The molecule has 4 heteroatoms. The lowest BCUT2D eigenvalue weighted by Gasteiger charge is -2.27. The van der Waals surface area contributed by atoms with Gasteiger partial charge in [0.15, 0.2) is 0 Å². The van der Waals surface area contributed by atoms with E-state index in [1.165, 1.54) is 0 Å². The van der Waals surface area contributed by atoms with Crippen molar-refractivity contribution >= 4 is 11.7 Å². The Kier molecular flexibility index (Phi) is 4.19. The molecule has 0 unspecified atom stereocenters. The van der Waals surface area contributed by atoms with Crippen molar-refractivity contribution in [2.24, 2.45) is 0 Å². The molecule has 1 aliphatic heterocycles. The van der Waals surface area contributed by atoms with Gasteiger partial charge in [0.25, 0.3) is 0 Å². The average Bonchev–Trinajstić information content (AvgIpc) is 2.94. The monoisotopic (exact) mass is 243 g/mol. The number of para-hydroxylation sites is 1. The molecule has 1 aromatic rings. The van der Waals surface area contributed by atoms with Crippen molar-refractivity contribution in [1.82, 2.24) is 4.90 Å². The molecule has 0 aliphatic carbocycles. The third-order valence-corrected chi connectivity index (χ3v) is 3.12. The van der Waals surface area contributed by atoms with E-state index in [1.54, 1.807) is 4.90 Å². The number of carbonyl (C=O) groups is 1. The molecule has 1 fully saturated rings. The zero-order valence-corrected chi connectivity index (χ0v) is 10.4. The molecule has 1 heterocycles. The third kappa shape index (κ3) is 2.80. The SMILES string of the molecule is N#CCCN(C(=O)N1CCCC1)c1ccccc1. The first-order valence-electron chi connectivity index (χ1n) is 6.31. The van der Waals surface area contributed by atoms with Crippen LogP contribution >= 0.6 is 0 Å². The van der Waals surface area contributed by atoms with Crippen LogP contribution < -0.4 is 4.90 Å². The van der Waals surface area contributed by atoms with Gasteiger partial charge < -0.3 is 4.90 Å². The summed E-state index contributed by atoms with van der Waals surface area (Å²) in [7, 11) is 0. The summed E-state index contributed by atoms with van der Waals surface area (Å²) in [4.78, 5) is 16.0. The van der Waals surface area contributed by atoms with Gasteiger partial charge in [-0.3, -0.25) is 4.90 Å². The smallest absolute Gasteiger partial charge is 0.324 e. The Morgan fingerprint density at radius 2 is 1.94 bits per heavy atom. The summed E-state index contributed by atoms with van der Waals surface area (Å²) < 4.78 is 0. The molecule has 1 aromatic carbocycles. The van der Waals surface area contributed by atoms with Gasteiger partial charge in [-0.05, 0) is 25.0 Å². The van der Waals surface area contributed by atoms with E-state index in [0.29, 0.717) is 13.0 Å². The standard InChI is InChI=1S/C14H17N3O/c15-9-6-12-17(13-7-2-1-3-8-13)14(18)16-10-4-5-11-16/h1-3,7-8H,4-6,10-12H2. The Morgan fingerprint density at radius 1 is 1.28 bits per heavy atom. The molecular formula is C14H17N3O. The first-order chi connectivity index (χ1) is 8.83. The fourth-order valence-electron chi connectivity index (χ4n) is 2.18. The van der Waals surface area contributed by atoms with E-state index < -0.39 is 0 Å². The van der Waals surface area contributed by atoms with Gasteiger partial charge in [0, 0.05) is 25.3 Å². The van der Waals surface area contributed by atoms with Gasteiger partial charge in [-0.25, -0.2) is 4.79 Å². The topological polar surface area (TPSA) is 47.3 Å². The Balaban J connectivity index is 2.14. The first-order valence-corrected chi connectivity index (χ1v) is 6.31. The highest BCUT2D eigenvalue weighted by Gasteiger charge is 2.24. The summed E-state index contributed by atoms with van der Waals surface area (Å²) in [6.07, 6.45) is 2.51. The minimum atomic E-state index is 0.0222. The maximum Gasteiger partial charge on any atom is 0.324 e. The fraction of sp³-hybridized carbons (Fsp3) is 0.429. The molecule has 0 spiro atoms. The Hall–Kier alpha value is -2.02. The zero-order chi connectivity index (χ0) is 12.8. The quantitative estimate of drug-likeness (QED) is 0.819. The van der Waals surface area contributed by atoms with Gasteiger partial charge in [0.05, 0.1) is 12.5 Å². The van der Waals surface area contributed by atoms with Gasteiger partial charge in [0.2, 0.25) is 0 Å². The Morgan fingerprint density at radius 3 is 2.56 bits per heavy atom. The maximum atomic E-state index is 12.4. The lowest BCUT2D eigenvalue weighted by atomic mass is 10.3. The molecule has 1 aliphatic rings. The molecule has 0 atom stereocenters. The maximum absolute atomic E-state index is 12.4. The van der Waals surface area contributed by atoms with Crippen LogP contribution in [0.5, 0.6) is 0 Å². The van der Waals surface area contributed by atoms with Gasteiger partial charge >= 0.3 is 6.03 Å². The van der Waals surface area contributed by atoms with E-state index in [9.17, 15) is 4.79 Å². The molecule has 0 N–H and O–H groups in total. The Labute approximate surface area is 107 Å². The molecule has 18 heavy (non-hydrogen) atoms. The molecule has 2 rings (SSSR count). The van der Waals surface area contributed by atoms with Crippen molar-refractivity contribution in [3.05, 3.63) is 30.3 Å². The van der Waals surface area contributed by atoms with Crippen molar-refractivity contribution in [2.45, 2.75) is 19.3 Å². The number of urea groups is 1. The summed E-state index contributed by atoms with van der Waals surface area (Å²) in [6.45, 7) is 2.11. The fourth-order valence-corrected chi connectivity index (χ4v) is 2.18. The highest BCUT2D eigenvalue weighted by molar-refractivity contribution is 5.92. The van der Waals surface area contributed by atoms with E-state index in [1.807, 2.05) is 35.2 Å². The number of amides is 2. The van der Waals surface area contributed by atoms with Crippen LogP contribution in [-0.2, 0) is 0 Å². The van der Waals surface area contributed by atoms with Gasteiger partial charge in [-0.15, -0.1) is 0 Å². The van der Waals surface area contributed by atoms with Crippen LogP contribution in [0.4, 0.5) is 10.5 Å². The molecule has 94 valence electrons. The van der Waals surface area contributed by atoms with E-state index in [2.05, 4.69) is 6.07 Å². The number of anilines is 1. The van der Waals surface area contributed by atoms with E-state index in [0.717, 1.165) is 31.6 Å². The number of nitriles is 1. The molecule has 0 saturated carbocycles. The number of benzene rings is 1. The van der Waals surface area contributed by atoms with Crippen molar-refractivity contribution in [3.8, 4) is 6.07 Å². The lowest BCUT2D eigenvalue weighted by Crippen LogP contribution is -2.42. The van der Waals surface area contributed by atoms with Crippen LogP contribution in [0.15, 0.2) is 30.3 Å². The number of likely N-dealkylation sites (tertiary alicyclic amines) is 1. The van der Waals surface area contributed by atoms with E-state index in [-0.39, 0.29) is 6.03 Å². The van der Waals surface area contributed by atoms with Gasteiger partial charge in [-0.1, -0.05) is 18.2 Å². The molecule has 2 amide bonds. The van der Waals surface area contributed by atoms with Crippen LogP contribution in [0.2, 0.25) is 0 Å². The second kappa shape index (κ2) is 6.06. The van der Waals surface area contributed by atoms with Crippen LogP contribution in [0.25, 0.3) is 0 Å². The largest absolute Gasteiger partial charge is 0.324 e. The van der Waals surface area contributed by atoms with Crippen molar-refractivity contribution in [2.75, 3.05) is 24.5 Å². The Bertz CT molecular complexity index is 432. The predicted octanol–water partition coefficient (Wildman–Crippen LogP) is 2.62. The van der Waals surface area contributed by atoms with Crippen LogP contribution in [-0.4, -0.2) is 30.6 Å². The summed E-state index contributed by atoms with van der Waals surface area (Å²) in [6, 6.07) is 11.7. The van der Waals surface area contributed by atoms with E-state index in [4.69, 9.17) is 5.26 Å². The van der Waals surface area contributed by atoms with Crippen LogP contribution in [0.1, 0.15) is 19.3 Å². The summed E-state index contributed by atoms with van der Waals surface area (Å²) >= 11 is 0.